The van der Waals surface area contributed by atoms with Crippen molar-refractivity contribution >= 4 is 17.3 Å². The molecule has 0 fully saturated rings. The highest BCUT2D eigenvalue weighted by Crippen LogP contribution is 2.47. The third kappa shape index (κ3) is 2.46. The first-order valence-corrected chi connectivity index (χ1v) is 7.39. The number of benzene rings is 2. The van der Waals surface area contributed by atoms with Crippen molar-refractivity contribution in [2.45, 2.75) is 32.2 Å². The largest absolute Gasteiger partial charge is 0.508 e. The maximum atomic E-state index is 13.2. The molecule has 1 aliphatic rings. The third-order valence-electron chi connectivity index (χ3n) is 4.17. The maximum Gasteiger partial charge on any atom is 0.141 e. The van der Waals surface area contributed by atoms with Gasteiger partial charge in [-0.05, 0) is 54.7 Å². The summed E-state index contributed by atoms with van der Waals surface area (Å²) >= 11 is 5.82. The van der Waals surface area contributed by atoms with Gasteiger partial charge in [-0.25, -0.2) is 4.39 Å². The third-order valence-corrected chi connectivity index (χ3v) is 4.46. The van der Waals surface area contributed by atoms with Crippen molar-refractivity contribution in [2.24, 2.45) is 0 Å². The molecule has 3 rings (SSSR count). The summed E-state index contributed by atoms with van der Waals surface area (Å²) in [6.45, 7) is 4.22. The number of phenolic OH excluding ortho intramolecular Hbond substituents is 1. The zero-order chi connectivity index (χ0) is 15.1. The van der Waals surface area contributed by atoms with Crippen LogP contribution in [-0.2, 0) is 0 Å². The molecule has 0 saturated heterocycles. The van der Waals surface area contributed by atoms with Crippen LogP contribution in [0.2, 0.25) is 5.02 Å². The number of phenols is 1. The monoisotopic (exact) mass is 305 g/mol. The molecular weight excluding hydrogens is 289 g/mol. The fourth-order valence-corrected chi connectivity index (χ4v) is 3.44. The lowest BCUT2D eigenvalue weighted by Gasteiger charge is -2.17. The van der Waals surface area contributed by atoms with E-state index in [1.54, 1.807) is 18.2 Å². The number of aryl methyl sites for hydroxylation is 1. The maximum absolute atomic E-state index is 13.2. The number of rotatable bonds is 2. The lowest BCUT2D eigenvalue weighted by molar-refractivity contribution is 0.465. The minimum atomic E-state index is -0.430. The molecule has 2 unspecified atom stereocenters. The molecule has 0 aliphatic heterocycles. The number of hydrogen-bond acceptors (Lipinski definition) is 2. The van der Waals surface area contributed by atoms with Crippen LogP contribution >= 0.6 is 11.6 Å². The van der Waals surface area contributed by atoms with Crippen LogP contribution in [0.4, 0.5) is 10.1 Å². The van der Waals surface area contributed by atoms with Crippen LogP contribution in [0, 0.1) is 12.7 Å². The summed E-state index contributed by atoms with van der Waals surface area (Å²) in [5.41, 5.74) is 4.10. The van der Waals surface area contributed by atoms with Gasteiger partial charge in [0.2, 0.25) is 0 Å². The molecule has 4 heteroatoms. The van der Waals surface area contributed by atoms with Gasteiger partial charge in [0.1, 0.15) is 11.6 Å². The zero-order valence-electron chi connectivity index (χ0n) is 12.0. The van der Waals surface area contributed by atoms with Crippen molar-refractivity contribution in [3.63, 3.8) is 0 Å². The molecule has 110 valence electrons. The number of aromatic hydroxyl groups is 1. The quantitative estimate of drug-likeness (QED) is 0.804. The zero-order valence-corrected chi connectivity index (χ0v) is 12.7. The number of nitrogens with one attached hydrogen (secondary N) is 1. The molecular formula is C17H17ClFNO. The molecule has 1 aliphatic carbocycles. The highest BCUT2D eigenvalue weighted by Gasteiger charge is 2.32. The highest BCUT2D eigenvalue weighted by molar-refractivity contribution is 6.31. The topological polar surface area (TPSA) is 32.3 Å². The summed E-state index contributed by atoms with van der Waals surface area (Å²) in [7, 11) is 0. The Kier molecular flexibility index (Phi) is 3.54. The number of fused-ring (bicyclic) bond motifs is 1. The molecule has 0 saturated carbocycles. The Morgan fingerprint density at radius 1 is 1.24 bits per heavy atom. The van der Waals surface area contributed by atoms with Crippen LogP contribution < -0.4 is 5.32 Å². The van der Waals surface area contributed by atoms with E-state index in [-0.39, 0.29) is 11.1 Å². The van der Waals surface area contributed by atoms with E-state index >= 15 is 0 Å². The summed E-state index contributed by atoms with van der Waals surface area (Å²) in [5.74, 6) is 0.257. The van der Waals surface area contributed by atoms with Gasteiger partial charge >= 0.3 is 0 Å². The summed E-state index contributed by atoms with van der Waals surface area (Å²) in [5, 5.41) is 13.6. The first kappa shape index (κ1) is 14.2. The van der Waals surface area contributed by atoms with Gasteiger partial charge in [-0.1, -0.05) is 24.6 Å². The van der Waals surface area contributed by atoms with Crippen LogP contribution in [0.1, 0.15) is 42.0 Å². The van der Waals surface area contributed by atoms with Crippen LogP contribution in [0.25, 0.3) is 0 Å². The Morgan fingerprint density at radius 2 is 2.00 bits per heavy atom. The number of halogens is 2. The second-order valence-electron chi connectivity index (χ2n) is 5.69. The van der Waals surface area contributed by atoms with E-state index in [2.05, 4.69) is 19.2 Å². The van der Waals surface area contributed by atoms with Crippen molar-refractivity contribution in [1.29, 1.82) is 0 Å². The molecule has 2 aromatic rings. The second kappa shape index (κ2) is 5.23. The van der Waals surface area contributed by atoms with E-state index in [1.807, 2.05) is 6.07 Å². The fraction of sp³-hybridized carbons (Fsp3) is 0.294. The van der Waals surface area contributed by atoms with Gasteiger partial charge in [0.05, 0.1) is 11.1 Å². The van der Waals surface area contributed by atoms with E-state index < -0.39 is 5.82 Å². The van der Waals surface area contributed by atoms with Crippen molar-refractivity contribution < 1.29 is 9.50 Å². The summed E-state index contributed by atoms with van der Waals surface area (Å²) in [4.78, 5) is 0. The van der Waals surface area contributed by atoms with E-state index in [1.165, 1.54) is 17.2 Å². The lowest BCUT2D eigenvalue weighted by Crippen LogP contribution is -2.07. The van der Waals surface area contributed by atoms with Gasteiger partial charge in [-0.2, -0.15) is 0 Å². The van der Waals surface area contributed by atoms with Crippen molar-refractivity contribution in [1.82, 2.24) is 0 Å². The molecule has 2 atom stereocenters. The lowest BCUT2D eigenvalue weighted by atomic mass is 9.97. The normalized spacial score (nSPS) is 20.4. The van der Waals surface area contributed by atoms with E-state index in [4.69, 9.17) is 11.6 Å². The van der Waals surface area contributed by atoms with E-state index in [9.17, 15) is 9.50 Å². The fourth-order valence-electron chi connectivity index (χ4n) is 3.26. The van der Waals surface area contributed by atoms with Gasteiger partial charge in [0, 0.05) is 11.3 Å². The minimum absolute atomic E-state index is 0.0106. The Hall–Kier alpha value is -1.74. The minimum Gasteiger partial charge on any atom is -0.508 e. The van der Waals surface area contributed by atoms with Gasteiger partial charge in [0.25, 0.3) is 0 Å². The molecule has 0 radical (unpaired) electrons. The molecule has 21 heavy (non-hydrogen) atoms. The average Bonchev–Trinajstić information content (AvgIpc) is 2.76. The highest BCUT2D eigenvalue weighted by atomic mass is 35.5. The number of anilines is 1. The van der Waals surface area contributed by atoms with Gasteiger partial charge in [-0.15, -0.1) is 0 Å². The first-order valence-electron chi connectivity index (χ1n) is 7.01. The Balaban J connectivity index is 1.96. The molecule has 2 N–H and O–H groups in total. The Bertz CT molecular complexity index is 701. The van der Waals surface area contributed by atoms with Crippen LogP contribution in [0.5, 0.6) is 5.75 Å². The van der Waals surface area contributed by atoms with Gasteiger partial charge < -0.3 is 10.4 Å². The van der Waals surface area contributed by atoms with Crippen LogP contribution in [0.3, 0.4) is 0 Å². The predicted octanol–water partition coefficient (Wildman–Crippen LogP) is 5.15. The molecule has 0 heterocycles. The average molecular weight is 306 g/mol. The summed E-state index contributed by atoms with van der Waals surface area (Å²) < 4.78 is 13.2. The SMILES string of the molecule is Cc1ccc(O)c2c1C(C)CC2Nc1ccc(F)c(Cl)c1. The summed E-state index contributed by atoms with van der Waals surface area (Å²) in [6.07, 6.45) is 0.892. The first-order chi connectivity index (χ1) is 9.97. The second-order valence-corrected chi connectivity index (χ2v) is 6.10. The predicted molar refractivity (Wildman–Crippen MR) is 83.6 cm³/mol. The smallest absolute Gasteiger partial charge is 0.141 e. The number of hydrogen-bond donors (Lipinski definition) is 2. The Labute approximate surface area is 128 Å². The molecule has 0 bridgehead atoms. The molecule has 0 spiro atoms. The van der Waals surface area contributed by atoms with E-state index in [0.29, 0.717) is 11.7 Å². The van der Waals surface area contributed by atoms with Crippen molar-refractivity contribution in [3.05, 3.63) is 57.9 Å². The van der Waals surface area contributed by atoms with Crippen LogP contribution in [0.15, 0.2) is 30.3 Å². The van der Waals surface area contributed by atoms with Gasteiger partial charge in [0.15, 0.2) is 0 Å². The van der Waals surface area contributed by atoms with Crippen molar-refractivity contribution in [2.75, 3.05) is 5.32 Å². The molecule has 2 nitrogen and oxygen atoms in total. The van der Waals surface area contributed by atoms with Gasteiger partial charge in [-0.3, -0.25) is 0 Å². The van der Waals surface area contributed by atoms with Crippen molar-refractivity contribution in [3.8, 4) is 5.75 Å². The molecule has 0 aromatic heterocycles. The standard InChI is InChI=1S/C17H17ClFNO/c1-9-3-6-15(21)17-14(7-10(2)16(9)17)20-11-4-5-13(19)12(18)8-11/h3-6,8,10,14,20-21H,7H2,1-2H3. The van der Waals surface area contributed by atoms with E-state index in [0.717, 1.165) is 17.7 Å². The van der Waals surface area contributed by atoms with Crippen LogP contribution in [-0.4, -0.2) is 5.11 Å². The molecule has 0 amide bonds. The molecule has 2 aromatic carbocycles. The Morgan fingerprint density at radius 3 is 2.71 bits per heavy atom. The summed E-state index contributed by atoms with van der Waals surface area (Å²) in [6, 6.07) is 8.28.